The zero-order valence-corrected chi connectivity index (χ0v) is 11.9. The fraction of sp³-hybridized carbons (Fsp3) is 0.600. The van der Waals surface area contributed by atoms with Crippen LogP contribution >= 0.6 is 0 Å². The molecule has 0 aliphatic carbocycles. The zero-order chi connectivity index (χ0) is 13.4. The quantitative estimate of drug-likeness (QED) is 0.721. The molecule has 0 aliphatic rings. The summed E-state index contributed by atoms with van der Waals surface area (Å²) in [7, 11) is 1.69. The number of rotatable bonds is 8. The van der Waals surface area contributed by atoms with Crippen molar-refractivity contribution in [3.05, 3.63) is 35.4 Å². The highest BCUT2D eigenvalue weighted by Gasteiger charge is 2.18. The van der Waals surface area contributed by atoms with Crippen LogP contribution in [0.4, 0.5) is 0 Å². The molecule has 3 heteroatoms. The summed E-state index contributed by atoms with van der Waals surface area (Å²) in [5.74, 6) is 0. The second-order valence-electron chi connectivity index (χ2n) is 4.51. The maximum absolute atomic E-state index is 5.79. The molecule has 0 aliphatic heterocycles. The van der Waals surface area contributed by atoms with Crippen LogP contribution in [0.25, 0.3) is 0 Å². The lowest BCUT2D eigenvalue weighted by Gasteiger charge is -2.25. The van der Waals surface area contributed by atoms with Crippen LogP contribution in [0, 0.1) is 6.92 Å². The Labute approximate surface area is 110 Å². The fourth-order valence-corrected chi connectivity index (χ4v) is 1.96. The Morgan fingerprint density at radius 2 is 1.83 bits per heavy atom. The maximum Gasteiger partial charge on any atom is 0.0742 e. The molecule has 0 saturated carbocycles. The first-order valence-corrected chi connectivity index (χ1v) is 6.59. The van der Waals surface area contributed by atoms with Crippen molar-refractivity contribution in [3.8, 4) is 0 Å². The van der Waals surface area contributed by atoms with Crippen LogP contribution < -0.4 is 5.32 Å². The van der Waals surface area contributed by atoms with Crippen LogP contribution in [0.1, 0.15) is 31.0 Å². The first-order valence-electron chi connectivity index (χ1n) is 6.59. The first kappa shape index (κ1) is 15.2. The molecule has 0 saturated heterocycles. The summed E-state index contributed by atoms with van der Waals surface area (Å²) in [4.78, 5) is 0. The van der Waals surface area contributed by atoms with Crippen molar-refractivity contribution >= 4 is 0 Å². The summed E-state index contributed by atoms with van der Waals surface area (Å²) in [6.07, 6.45) is 0.128. The van der Waals surface area contributed by atoms with Gasteiger partial charge < -0.3 is 14.8 Å². The minimum atomic E-state index is 0.128. The van der Waals surface area contributed by atoms with Gasteiger partial charge in [-0.1, -0.05) is 36.8 Å². The van der Waals surface area contributed by atoms with Gasteiger partial charge in [0, 0.05) is 7.11 Å². The van der Waals surface area contributed by atoms with E-state index >= 15 is 0 Å². The fourth-order valence-electron chi connectivity index (χ4n) is 1.96. The van der Waals surface area contributed by atoms with Crippen LogP contribution in [0.15, 0.2) is 24.3 Å². The predicted molar refractivity (Wildman–Crippen MR) is 74.9 cm³/mol. The molecule has 1 N–H and O–H groups in total. The van der Waals surface area contributed by atoms with Gasteiger partial charge in [0.15, 0.2) is 0 Å². The summed E-state index contributed by atoms with van der Waals surface area (Å²) in [5.41, 5.74) is 2.55. The Kier molecular flexibility index (Phi) is 6.94. The van der Waals surface area contributed by atoms with Crippen LogP contribution in [0.2, 0.25) is 0 Å². The minimum absolute atomic E-state index is 0.128. The molecule has 0 heterocycles. The Morgan fingerprint density at radius 3 is 2.39 bits per heavy atom. The summed E-state index contributed by atoms with van der Waals surface area (Å²) < 4.78 is 10.8. The molecule has 18 heavy (non-hydrogen) atoms. The van der Waals surface area contributed by atoms with Crippen LogP contribution in [-0.4, -0.2) is 33.0 Å². The monoisotopic (exact) mass is 251 g/mol. The second kappa shape index (κ2) is 8.25. The van der Waals surface area contributed by atoms with Gasteiger partial charge in [-0.05, 0) is 26.0 Å². The van der Waals surface area contributed by atoms with E-state index in [1.165, 1.54) is 11.1 Å². The number of hydrogen-bond donors (Lipinski definition) is 1. The van der Waals surface area contributed by atoms with Gasteiger partial charge in [-0.3, -0.25) is 0 Å². The summed E-state index contributed by atoms with van der Waals surface area (Å²) in [6, 6.07) is 8.84. The summed E-state index contributed by atoms with van der Waals surface area (Å²) in [6.45, 7) is 8.51. The molecule has 1 aromatic rings. The van der Waals surface area contributed by atoms with Gasteiger partial charge in [0.05, 0.1) is 25.4 Å². The lowest BCUT2D eigenvalue weighted by Crippen LogP contribution is -2.32. The molecule has 0 aromatic heterocycles. The van der Waals surface area contributed by atoms with Crippen molar-refractivity contribution in [1.82, 2.24) is 5.32 Å². The molecule has 1 rings (SSSR count). The van der Waals surface area contributed by atoms with E-state index in [1.54, 1.807) is 7.11 Å². The van der Waals surface area contributed by atoms with Crippen molar-refractivity contribution in [1.29, 1.82) is 0 Å². The highest BCUT2D eigenvalue weighted by Crippen LogP contribution is 2.19. The molecule has 2 atom stereocenters. The Balaban J connectivity index is 2.65. The average molecular weight is 251 g/mol. The number of hydrogen-bond acceptors (Lipinski definition) is 3. The van der Waals surface area contributed by atoms with Crippen LogP contribution in [0.3, 0.4) is 0 Å². The molecule has 1 aromatic carbocycles. The number of likely N-dealkylation sites (N-methyl/N-ethyl adjacent to an activating group) is 1. The van der Waals surface area contributed by atoms with E-state index in [4.69, 9.17) is 9.47 Å². The molecule has 0 spiro atoms. The topological polar surface area (TPSA) is 30.5 Å². The molecule has 0 bridgehead atoms. The first-order chi connectivity index (χ1) is 8.69. The number of nitrogens with one attached hydrogen (secondary N) is 1. The highest BCUT2D eigenvalue weighted by molar-refractivity contribution is 5.24. The van der Waals surface area contributed by atoms with Crippen LogP contribution in [0.5, 0.6) is 0 Å². The molecule has 0 amide bonds. The highest BCUT2D eigenvalue weighted by atomic mass is 16.5. The molecule has 102 valence electrons. The van der Waals surface area contributed by atoms with Gasteiger partial charge in [-0.15, -0.1) is 0 Å². The van der Waals surface area contributed by atoms with E-state index in [0.29, 0.717) is 13.2 Å². The van der Waals surface area contributed by atoms with E-state index in [2.05, 4.69) is 50.4 Å². The van der Waals surface area contributed by atoms with Gasteiger partial charge >= 0.3 is 0 Å². The number of methoxy groups -OCH3 is 1. The van der Waals surface area contributed by atoms with Crippen molar-refractivity contribution in [3.63, 3.8) is 0 Å². The van der Waals surface area contributed by atoms with Crippen LogP contribution in [-0.2, 0) is 9.47 Å². The smallest absolute Gasteiger partial charge is 0.0742 e. The predicted octanol–water partition coefficient (Wildman–Crippen LogP) is 2.70. The Morgan fingerprint density at radius 1 is 1.17 bits per heavy atom. The van der Waals surface area contributed by atoms with E-state index in [9.17, 15) is 0 Å². The second-order valence-corrected chi connectivity index (χ2v) is 4.51. The SMILES string of the molecule is CCNC(c1ccc(C)cc1)C(C)OCCOC. The zero-order valence-electron chi connectivity index (χ0n) is 11.9. The molecule has 0 radical (unpaired) electrons. The van der Waals surface area contributed by atoms with Crippen molar-refractivity contribution < 1.29 is 9.47 Å². The third-order valence-corrected chi connectivity index (χ3v) is 3.00. The maximum atomic E-state index is 5.79. The number of benzene rings is 1. The number of aryl methyl sites for hydroxylation is 1. The van der Waals surface area contributed by atoms with E-state index in [0.717, 1.165) is 6.54 Å². The summed E-state index contributed by atoms with van der Waals surface area (Å²) in [5, 5.41) is 3.48. The molecule has 2 unspecified atom stereocenters. The van der Waals surface area contributed by atoms with E-state index in [-0.39, 0.29) is 12.1 Å². The Hall–Kier alpha value is -0.900. The summed E-state index contributed by atoms with van der Waals surface area (Å²) >= 11 is 0. The van der Waals surface area contributed by atoms with E-state index in [1.807, 2.05) is 0 Å². The minimum Gasteiger partial charge on any atom is -0.382 e. The Bertz CT molecular complexity index is 324. The van der Waals surface area contributed by atoms with Gasteiger partial charge in [-0.25, -0.2) is 0 Å². The van der Waals surface area contributed by atoms with Gasteiger partial charge in [0.1, 0.15) is 0 Å². The van der Waals surface area contributed by atoms with E-state index < -0.39 is 0 Å². The van der Waals surface area contributed by atoms with Gasteiger partial charge in [-0.2, -0.15) is 0 Å². The lowest BCUT2D eigenvalue weighted by molar-refractivity contribution is 0.00755. The number of ether oxygens (including phenoxy) is 2. The normalized spacial score (nSPS) is 14.4. The lowest BCUT2D eigenvalue weighted by atomic mass is 10.0. The largest absolute Gasteiger partial charge is 0.382 e. The molecule has 3 nitrogen and oxygen atoms in total. The van der Waals surface area contributed by atoms with Gasteiger partial charge in [0.25, 0.3) is 0 Å². The molecular weight excluding hydrogens is 226 g/mol. The molecular formula is C15H25NO2. The van der Waals surface area contributed by atoms with Gasteiger partial charge in [0.2, 0.25) is 0 Å². The van der Waals surface area contributed by atoms with Crippen molar-refractivity contribution in [2.45, 2.75) is 32.9 Å². The third-order valence-electron chi connectivity index (χ3n) is 3.00. The van der Waals surface area contributed by atoms with Crippen molar-refractivity contribution in [2.75, 3.05) is 26.9 Å². The van der Waals surface area contributed by atoms with Crippen molar-refractivity contribution in [2.24, 2.45) is 0 Å². The standard InChI is InChI=1S/C15H25NO2/c1-5-16-15(13(3)18-11-10-17-4)14-8-6-12(2)7-9-14/h6-9,13,15-16H,5,10-11H2,1-4H3. The molecule has 0 fully saturated rings. The third kappa shape index (κ3) is 4.77. The average Bonchev–Trinajstić information content (AvgIpc) is 2.37.